The van der Waals surface area contributed by atoms with Crippen LogP contribution in [0, 0.1) is 11.8 Å². The Balaban J connectivity index is 1.21. The molecule has 0 amide bonds. The highest BCUT2D eigenvalue weighted by molar-refractivity contribution is 5.80. The van der Waals surface area contributed by atoms with E-state index in [2.05, 4.69) is 26.2 Å². The van der Waals surface area contributed by atoms with Gasteiger partial charge in [-0.15, -0.1) is 0 Å². The first-order chi connectivity index (χ1) is 12.3. The van der Waals surface area contributed by atoms with Crippen LogP contribution in [0.15, 0.2) is 16.6 Å². The first-order valence-electron chi connectivity index (χ1n) is 10.3. The smallest absolute Gasteiger partial charge is 0.193 e. The van der Waals surface area contributed by atoms with Gasteiger partial charge in [0.05, 0.1) is 13.2 Å². The molecule has 0 aromatic carbocycles. The number of ether oxygens (including phenoxy) is 1. The summed E-state index contributed by atoms with van der Waals surface area (Å²) in [6.45, 7) is 7.29. The van der Waals surface area contributed by atoms with Crippen LogP contribution in [0.4, 0.5) is 0 Å². The van der Waals surface area contributed by atoms with E-state index in [4.69, 9.17) is 4.74 Å². The van der Waals surface area contributed by atoms with Gasteiger partial charge in [-0.1, -0.05) is 18.1 Å². The average Bonchev–Trinajstić information content (AvgIpc) is 3.30. The average molecular weight is 347 g/mol. The van der Waals surface area contributed by atoms with Crippen molar-refractivity contribution in [1.29, 1.82) is 0 Å². The molecule has 3 atom stereocenters. The van der Waals surface area contributed by atoms with Gasteiger partial charge in [0.1, 0.15) is 0 Å². The molecule has 0 aromatic heterocycles. The molecule has 0 aromatic rings. The molecule has 3 unspecified atom stereocenters. The molecule has 2 saturated carbocycles. The molecule has 1 N–H and O–H groups in total. The molecule has 5 heteroatoms. The third-order valence-electron chi connectivity index (χ3n) is 6.78. The summed E-state index contributed by atoms with van der Waals surface area (Å²) in [6, 6.07) is 0.885. The number of rotatable bonds is 4. The number of nitrogens with zero attached hydrogens (tertiary/aromatic N) is 3. The third kappa shape index (κ3) is 4.03. The summed E-state index contributed by atoms with van der Waals surface area (Å²) in [5.74, 6) is 3.13. The lowest BCUT2D eigenvalue weighted by Crippen LogP contribution is -2.55. The fourth-order valence-electron chi connectivity index (χ4n) is 5.38. The lowest BCUT2D eigenvalue weighted by molar-refractivity contribution is 0.0958. The molecule has 2 heterocycles. The number of nitrogens with one attached hydrogen (secondary N) is 1. The first-order valence-corrected chi connectivity index (χ1v) is 10.3. The summed E-state index contributed by atoms with van der Waals surface area (Å²) in [4.78, 5) is 9.75. The van der Waals surface area contributed by atoms with E-state index >= 15 is 0 Å². The minimum absolute atomic E-state index is 0.787. The lowest BCUT2D eigenvalue weighted by Gasteiger charge is -2.42. The van der Waals surface area contributed by atoms with Crippen LogP contribution < -0.4 is 5.32 Å². The number of guanidine groups is 1. The lowest BCUT2D eigenvalue weighted by atomic mass is 9.93. The van der Waals surface area contributed by atoms with Crippen molar-refractivity contribution in [1.82, 2.24) is 15.1 Å². The highest BCUT2D eigenvalue weighted by Crippen LogP contribution is 2.46. The Morgan fingerprint density at radius 1 is 1.24 bits per heavy atom. The van der Waals surface area contributed by atoms with Crippen LogP contribution in [0.3, 0.4) is 0 Å². The number of aliphatic imine (C=N–C) groups is 1. The normalized spacial score (nSPS) is 33.6. The van der Waals surface area contributed by atoms with Gasteiger partial charge in [-0.2, -0.15) is 0 Å². The predicted octanol–water partition coefficient (Wildman–Crippen LogP) is 2.10. The van der Waals surface area contributed by atoms with Gasteiger partial charge in [-0.05, 0) is 43.9 Å². The fraction of sp³-hybridized carbons (Fsp3) is 0.850. The summed E-state index contributed by atoms with van der Waals surface area (Å²) in [7, 11) is 1.92. The zero-order valence-corrected chi connectivity index (χ0v) is 15.8. The zero-order chi connectivity index (χ0) is 17.1. The second kappa shape index (κ2) is 8.09. The van der Waals surface area contributed by atoms with E-state index in [9.17, 15) is 0 Å². The molecule has 2 bridgehead atoms. The largest absolute Gasteiger partial charge is 0.377 e. The highest BCUT2D eigenvalue weighted by Gasteiger charge is 2.42. The maximum Gasteiger partial charge on any atom is 0.193 e. The summed E-state index contributed by atoms with van der Waals surface area (Å²) >= 11 is 0. The summed E-state index contributed by atoms with van der Waals surface area (Å²) in [6.07, 6.45) is 10.4. The molecular weight excluding hydrogens is 312 g/mol. The summed E-state index contributed by atoms with van der Waals surface area (Å²) in [5, 5.41) is 3.57. The number of hydrogen-bond acceptors (Lipinski definition) is 3. The standard InChI is InChI=1S/C20H34N4O/c1-21-20(22-7-4-16-5-12-25-13-6-16)24-10-8-23(9-11-24)19-15-17-2-3-18(19)14-17/h5,17-19H,2-4,6-15H2,1H3,(H,21,22). The maximum atomic E-state index is 5.38. The van der Waals surface area contributed by atoms with Crippen LogP contribution in [0.25, 0.3) is 0 Å². The molecule has 5 nitrogen and oxygen atoms in total. The van der Waals surface area contributed by atoms with Crippen LogP contribution in [0.1, 0.15) is 38.5 Å². The monoisotopic (exact) mass is 346 g/mol. The molecule has 2 aliphatic heterocycles. The Hall–Kier alpha value is -1.07. The Labute approximate surface area is 152 Å². The van der Waals surface area contributed by atoms with Crippen molar-refractivity contribution in [3.8, 4) is 0 Å². The minimum Gasteiger partial charge on any atom is -0.377 e. The third-order valence-corrected chi connectivity index (χ3v) is 6.78. The number of fused-ring (bicyclic) bond motifs is 2. The van der Waals surface area contributed by atoms with Crippen LogP contribution >= 0.6 is 0 Å². The van der Waals surface area contributed by atoms with Gasteiger partial charge in [-0.25, -0.2) is 0 Å². The van der Waals surface area contributed by atoms with Crippen LogP contribution in [0.2, 0.25) is 0 Å². The van der Waals surface area contributed by atoms with E-state index in [1.165, 1.54) is 44.3 Å². The first kappa shape index (κ1) is 17.3. The van der Waals surface area contributed by atoms with Crippen LogP contribution in [0.5, 0.6) is 0 Å². The topological polar surface area (TPSA) is 40.1 Å². The Bertz CT molecular complexity index is 510. The fourth-order valence-corrected chi connectivity index (χ4v) is 5.38. The van der Waals surface area contributed by atoms with E-state index in [0.717, 1.165) is 69.5 Å². The molecule has 0 spiro atoms. The van der Waals surface area contributed by atoms with Crippen LogP contribution in [-0.4, -0.2) is 74.8 Å². The minimum atomic E-state index is 0.787. The molecule has 4 aliphatic rings. The quantitative estimate of drug-likeness (QED) is 0.481. The molecule has 3 fully saturated rings. The van der Waals surface area contributed by atoms with E-state index in [1.54, 1.807) is 0 Å². The Morgan fingerprint density at radius 2 is 2.12 bits per heavy atom. The van der Waals surface area contributed by atoms with Crippen molar-refractivity contribution in [2.24, 2.45) is 16.8 Å². The van der Waals surface area contributed by atoms with Crippen molar-refractivity contribution >= 4 is 5.96 Å². The second-order valence-corrected chi connectivity index (χ2v) is 8.18. The van der Waals surface area contributed by atoms with Crippen molar-refractivity contribution in [3.05, 3.63) is 11.6 Å². The molecule has 25 heavy (non-hydrogen) atoms. The zero-order valence-electron chi connectivity index (χ0n) is 15.8. The molecule has 4 rings (SSSR count). The van der Waals surface area contributed by atoms with Gasteiger partial charge >= 0.3 is 0 Å². The van der Waals surface area contributed by atoms with Gasteiger partial charge in [0.15, 0.2) is 5.96 Å². The Kier molecular flexibility index (Phi) is 5.61. The van der Waals surface area contributed by atoms with Gasteiger partial charge in [0.2, 0.25) is 0 Å². The highest BCUT2D eigenvalue weighted by atomic mass is 16.5. The molecule has 2 aliphatic carbocycles. The Morgan fingerprint density at radius 3 is 2.76 bits per heavy atom. The van der Waals surface area contributed by atoms with E-state index in [1.807, 2.05) is 7.05 Å². The molecular formula is C20H34N4O. The number of piperazine rings is 1. The summed E-state index contributed by atoms with van der Waals surface area (Å²) < 4.78 is 5.38. The predicted molar refractivity (Wildman–Crippen MR) is 102 cm³/mol. The van der Waals surface area contributed by atoms with Gasteiger partial charge in [-0.3, -0.25) is 9.89 Å². The van der Waals surface area contributed by atoms with Crippen molar-refractivity contribution < 1.29 is 4.74 Å². The van der Waals surface area contributed by atoms with Crippen LogP contribution in [-0.2, 0) is 4.74 Å². The van der Waals surface area contributed by atoms with Gasteiger partial charge in [0, 0.05) is 45.8 Å². The van der Waals surface area contributed by atoms with Gasteiger partial charge < -0.3 is 15.0 Å². The maximum absolute atomic E-state index is 5.38. The second-order valence-electron chi connectivity index (χ2n) is 8.18. The van der Waals surface area contributed by atoms with E-state index in [-0.39, 0.29) is 0 Å². The molecule has 140 valence electrons. The molecule has 1 saturated heterocycles. The van der Waals surface area contributed by atoms with E-state index < -0.39 is 0 Å². The summed E-state index contributed by atoms with van der Waals surface area (Å²) in [5.41, 5.74) is 1.52. The SMILES string of the molecule is CN=C(NCCC1=CCOCC1)N1CCN(C2CC3CCC2C3)CC1. The van der Waals surface area contributed by atoms with Crippen molar-refractivity contribution in [2.45, 2.75) is 44.6 Å². The van der Waals surface area contributed by atoms with Crippen molar-refractivity contribution in [2.75, 3.05) is 53.0 Å². The van der Waals surface area contributed by atoms with Crippen molar-refractivity contribution in [3.63, 3.8) is 0 Å². The van der Waals surface area contributed by atoms with E-state index in [0.29, 0.717) is 0 Å². The number of hydrogen-bond donors (Lipinski definition) is 1. The molecule has 0 radical (unpaired) electrons. The van der Waals surface area contributed by atoms with Gasteiger partial charge in [0.25, 0.3) is 0 Å².